The van der Waals surface area contributed by atoms with E-state index < -0.39 is 0 Å². The summed E-state index contributed by atoms with van der Waals surface area (Å²) in [6.07, 6.45) is 9.41. The molecule has 0 spiro atoms. The van der Waals surface area contributed by atoms with Gasteiger partial charge < -0.3 is 14.5 Å². The zero-order valence-electron chi connectivity index (χ0n) is 15.3. The highest BCUT2D eigenvalue weighted by atomic mass is 16.5. The highest BCUT2D eigenvalue weighted by Gasteiger charge is 2.38. The summed E-state index contributed by atoms with van der Waals surface area (Å²) >= 11 is 0. The number of ether oxygens (including phenoxy) is 1. The van der Waals surface area contributed by atoms with E-state index in [9.17, 15) is 0 Å². The highest BCUT2D eigenvalue weighted by molar-refractivity contribution is 4.84. The molecule has 3 aliphatic rings. The van der Waals surface area contributed by atoms with Crippen molar-refractivity contribution < 1.29 is 4.74 Å². The quantitative estimate of drug-likeness (QED) is 0.694. The van der Waals surface area contributed by atoms with Crippen LogP contribution in [0.5, 0.6) is 0 Å². The molecule has 0 aromatic carbocycles. The zero-order valence-corrected chi connectivity index (χ0v) is 15.3. The number of piperidine rings is 1. The van der Waals surface area contributed by atoms with Crippen LogP contribution >= 0.6 is 0 Å². The molecule has 2 unspecified atom stereocenters. The standard InChI is InChI=1S/C18H36N4O/c1-19-9-7-11-21(14-13-19)10-5-6-15-23-18-16-17-8-3-4-12-22(17)20(18)2/h17-18H,3-16H2,1-2H3. The van der Waals surface area contributed by atoms with Crippen molar-refractivity contribution in [3.8, 4) is 0 Å². The molecular formula is C18H36N4O. The largest absolute Gasteiger partial charge is 0.362 e. The second-order valence-electron chi connectivity index (χ2n) is 7.65. The Kier molecular flexibility index (Phi) is 6.72. The van der Waals surface area contributed by atoms with Crippen LogP contribution in [0.1, 0.15) is 44.9 Å². The number of hydrogen-bond donors (Lipinski definition) is 0. The monoisotopic (exact) mass is 324 g/mol. The molecule has 0 N–H and O–H groups in total. The predicted octanol–water partition coefficient (Wildman–Crippen LogP) is 1.85. The normalized spacial score (nSPS) is 32.1. The fourth-order valence-electron chi connectivity index (χ4n) is 4.35. The van der Waals surface area contributed by atoms with Gasteiger partial charge in [0, 0.05) is 45.8 Å². The van der Waals surface area contributed by atoms with E-state index in [1.54, 1.807) is 0 Å². The number of fused-ring (bicyclic) bond motifs is 1. The molecule has 134 valence electrons. The Morgan fingerprint density at radius 3 is 2.70 bits per heavy atom. The third kappa shape index (κ3) is 4.89. The highest BCUT2D eigenvalue weighted by Crippen LogP contribution is 2.31. The van der Waals surface area contributed by atoms with Crippen molar-refractivity contribution in [1.29, 1.82) is 0 Å². The Bertz CT molecular complexity index is 354. The van der Waals surface area contributed by atoms with Crippen LogP contribution < -0.4 is 0 Å². The lowest BCUT2D eigenvalue weighted by Crippen LogP contribution is -2.44. The Morgan fingerprint density at radius 1 is 0.913 bits per heavy atom. The van der Waals surface area contributed by atoms with Gasteiger partial charge in [-0.2, -0.15) is 0 Å². The number of nitrogens with zero attached hydrogens (tertiary/aromatic N) is 4. The lowest BCUT2D eigenvalue weighted by molar-refractivity contribution is -0.111. The minimum absolute atomic E-state index is 0.324. The summed E-state index contributed by atoms with van der Waals surface area (Å²) in [5.74, 6) is 0. The molecule has 0 radical (unpaired) electrons. The van der Waals surface area contributed by atoms with Gasteiger partial charge in [-0.25, -0.2) is 10.0 Å². The molecule has 23 heavy (non-hydrogen) atoms. The van der Waals surface area contributed by atoms with Gasteiger partial charge in [-0.3, -0.25) is 0 Å². The summed E-state index contributed by atoms with van der Waals surface area (Å²) in [4.78, 5) is 5.08. The van der Waals surface area contributed by atoms with Gasteiger partial charge in [0.05, 0.1) is 0 Å². The Balaban J connectivity index is 1.28. The third-order valence-electron chi connectivity index (χ3n) is 5.88. The maximum absolute atomic E-state index is 6.20. The molecule has 5 nitrogen and oxygen atoms in total. The molecule has 5 heteroatoms. The van der Waals surface area contributed by atoms with Crippen molar-refractivity contribution in [2.75, 3.05) is 60.0 Å². The first-order chi connectivity index (χ1) is 11.2. The van der Waals surface area contributed by atoms with E-state index in [1.165, 1.54) is 84.2 Å². The van der Waals surface area contributed by atoms with E-state index >= 15 is 0 Å². The SMILES string of the molecule is CN1CCCN(CCCCOC2CC3CCCCN3N2C)CC1. The average Bonchev–Trinajstić information content (AvgIpc) is 2.73. The van der Waals surface area contributed by atoms with E-state index in [-0.39, 0.29) is 0 Å². The van der Waals surface area contributed by atoms with Crippen LogP contribution in [-0.2, 0) is 4.74 Å². The molecule has 3 heterocycles. The van der Waals surface area contributed by atoms with Crippen molar-refractivity contribution in [3.05, 3.63) is 0 Å². The van der Waals surface area contributed by atoms with Gasteiger partial charge >= 0.3 is 0 Å². The van der Waals surface area contributed by atoms with Crippen molar-refractivity contribution >= 4 is 0 Å². The summed E-state index contributed by atoms with van der Waals surface area (Å²) in [7, 11) is 4.45. The van der Waals surface area contributed by atoms with Crippen LogP contribution in [0.25, 0.3) is 0 Å². The van der Waals surface area contributed by atoms with E-state index in [1.807, 2.05) is 0 Å². The Labute approximate surface area is 142 Å². The maximum Gasteiger partial charge on any atom is 0.124 e. The summed E-state index contributed by atoms with van der Waals surface area (Å²) in [5, 5.41) is 4.91. The molecular weight excluding hydrogens is 288 g/mol. The minimum Gasteiger partial charge on any atom is -0.362 e. The van der Waals surface area contributed by atoms with Crippen molar-refractivity contribution in [2.45, 2.75) is 57.2 Å². The van der Waals surface area contributed by atoms with Crippen molar-refractivity contribution in [1.82, 2.24) is 19.8 Å². The van der Waals surface area contributed by atoms with Crippen LogP contribution in [0.3, 0.4) is 0 Å². The van der Waals surface area contributed by atoms with Crippen LogP contribution in [0.2, 0.25) is 0 Å². The van der Waals surface area contributed by atoms with Gasteiger partial charge in [0.2, 0.25) is 0 Å². The minimum atomic E-state index is 0.324. The molecule has 3 aliphatic heterocycles. The van der Waals surface area contributed by atoms with Crippen LogP contribution in [0.4, 0.5) is 0 Å². The molecule has 0 aliphatic carbocycles. The van der Waals surface area contributed by atoms with E-state index in [4.69, 9.17) is 4.74 Å². The number of hydrogen-bond acceptors (Lipinski definition) is 5. The van der Waals surface area contributed by atoms with Gasteiger partial charge in [-0.15, -0.1) is 0 Å². The molecule has 3 fully saturated rings. The number of unbranched alkanes of at least 4 members (excludes halogenated alkanes) is 1. The fraction of sp³-hybridized carbons (Fsp3) is 1.00. The van der Waals surface area contributed by atoms with Gasteiger partial charge in [0.25, 0.3) is 0 Å². The topological polar surface area (TPSA) is 22.2 Å². The number of likely N-dealkylation sites (N-methyl/N-ethyl adjacent to an activating group) is 1. The summed E-state index contributed by atoms with van der Waals surface area (Å²) in [6.45, 7) is 8.37. The van der Waals surface area contributed by atoms with Gasteiger partial charge in [0.1, 0.15) is 6.23 Å². The summed E-state index contributed by atoms with van der Waals surface area (Å²) in [6, 6.07) is 0.743. The van der Waals surface area contributed by atoms with Gasteiger partial charge in [-0.1, -0.05) is 6.42 Å². The molecule has 0 aromatic heterocycles. The number of rotatable bonds is 6. The lowest BCUT2D eigenvalue weighted by atomic mass is 10.0. The Hall–Kier alpha value is -0.200. The summed E-state index contributed by atoms with van der Waals surface area (Å²) in [5.41, 5.74) is 0. The smallest absolute Gasteiger partial charge is 0.124 e. The molecule has 2 atom stereocenters. The van der Waals surface area contributed by atoms with Crippen molar-refractivity contribution in [3.63, 3.8) is 0 Å². The number of hydrazine groups is 1. The fourth-order valence-corrected chi connectivity index (χ4v) is 4.35. The predicted molar refractivity (Wildman–Crippen MR) is 94.3 cm³/mol. The molecule has 3 saturated heterocycles. The first kappa shape index (κ1) is 17.6. The van der Waals surface area contributed by atoms with Crippen LogP contribution in [0, 0.1) is 0 Å². The van der Waals surface area contributed by atoms with Crippen molar-refractivity contribution in [2.24, 2.45) is 0 Å². The molecule has 3 rings (SSSR count). The molecule has 0 saturated carbocycles. The average molecular weight is 325 g/mol. The molecule has 0 bridgehead atoms. The van der Waals surface area contributed by atoms with Crippen LogP contribution in [-0.4, -0.2) is 92.1 Å². The van der Waals surface area contributed by atoms with Crippen LogP contribution in [0.15, 0.2) is 0 Å². The van der Waals surface area contributed by atoms with E-state index in [0.717, 1.165) is 12.6 Å². The zero-order chi connectivity index (χ0) is 16.1. The third-order valence-corrected chi connectivity index (χ3v) is 5.88. The van der Waals surface area contributed by atoms with Gasteiger partial charge in [0.15, 0.2) is 0 Å². The second kappa shape index (κ2) is 8.77. The lowest BCUT2D eigenvalue weighted by Gasteiger charge is -2.34. The molecule has 0 amide bonds. The van der Waals surface area contributed by atoms with Gasteiger partial charge in [-0.05, 0) is 58.8 Å². The van der Waals surface area contributed by atoms with E-state index in [2.05, 4.69) is 33.9 Å². The Morgan fingerprint density at radius 2 is 1.83 bits per heavy atom. The second-order valence-corrected chi connectivity index (χ2v) is 7.65. The van der Waals surface area contributed by atoms with E-state index in [0.29, 0.717) is 6.23 Å². The summed E-state index contributed by atoms with van der Waals surface area (Å²) < 4.78 is 6.20. The maximum atomic E-state index is 6.20. The molecule has 0 aromatic rings. The first-order valence-corrected chi connectivity index (χ1v) is 9.76. The first-order valence-electron chi connectivity index (χ1n) is 9.76.